The molecule has 0 N–H and O–H groups in total. The topological polar surface area (TPSA) is 29.5 Å². The summed E-state index contributed by atoms with van der Waals surface area (Å²) in [5.41, 5.74) is 0. The maximum atomic E-state index is 11.3. The van der Waals surface area contributed by atoms with E-state index in [1.54, 1.807) is 0 Å². The fourth-order valence-corrected chi connectivity index (χ4v) is 1.04. The summed E-state index contributed by atoms with van der Waals surface area (Å²) >= 11 is 0. The fraction of sp³-hybridized carbons (Fsp3) is 0.900. The highest BCUT2D eigenvalue weighted by Gasteiger charge is 2.17. The molecule has 0 fully saturated rings. The molecule has 1 atom stereocenters. The average molecular weight is 187 g/mol. The van der Waals surface area contributed by atoms with Crippen molar-refractivity contribution in [3.8, 4) is 0 Å². The molecule has 78 valence electrons. The van der Waals surface area contributed by atoms with Gasteiger partial charge in [-0.1, -0.05) is 13.3 Å². The Morgan fingerprint density at radius 1 is 1.46 bits per heavy atom. The van der Waals surface area contributed by atoms with Gasteiger partial charge in [0.15, 0.2) is 0 Å². The molecule has 1 unspecified atom stereocenters. The molecule has 0 aromatic carbocycles. The maximum Gasteiger partial charge on any atom is 0.323 e. The van der Waals surface area contributed by atoms with Gasteiger partial charge in [-0.2, -0.15) is 0 Å². The number of carbonyl (C=O) groups is 1. The number of esters is 1. The summed E-state index contributed by atoms with van der Waals surface area (Å²) in [4.78, 5) is 13.3. The van der Waals surface area contributed by atoms with Gasteiger partial charge in [0.1, 0.15) is 6.04 Å². The van der Waals surface area contributed by atoms with Gasteiger partial charge in [-0.15, -0.1) is 0 Å². The van der Waals surface area contributed by atoms with E-state index in [0.29, 0.717) is 6.61 Å². The minimum absolute atomic E-state index is 0.119. The van der Waals surface area contributed by atoms with E-state index in [2.05, 4.69) is 6.92 Å². The number of hydrogen-bond donors (Lipinski definition) is 0. The van der Waals surface area contributed by atoms with Crippen LogP contribution in [0.2, 0.25) is 0 Å². The van der Waals surface area contributed by atoms with E-state index in [0.717, 1.165) is 19.4 Å². The van der Waals surface area contributed by atoms with Crippen LogP contribution >= 0.6 is 0 Å². The van der Waals surface area contributed by atoms with Crippen molar-refractivity contribution in [1.82, 2.24) is 4.90 Å². The van der Waals surface area contributed by atoms with Gasteiger partial charge in [0, 0.05) is 0 Å². The zero-order valence-electron chi connectivity index (χ0n) is 9.17. The third kappa shape index (κ3) is 4.88. The van der Waals surface area contributed by atoms with Crippen LogP contribution in [0.3, 0.4) is 0 Å². The maximum absolute atomic E-state index is 11.3. The molecule has 0 aliphatic heterocycles. The summed E-state index contributed by atoms with van der Waals surface area (Å²) in [5, 5.41) is 0. The highest BCUT2D eigenvalue weighted by Crippen LogP contribution is 2.00. The second kappa shape index (κ2) is 6.89. The molecular formula is C10H21NO2. The van der Waals surface area contributed by atoms with Crippen molar-refractivity contribution in [2.75, 3.05) is 20.2 Å². The molecule has 0 amide bonds. The molecular weight excluding hydrogens is 166 g/mol. The van der Waals surface area contributed by atoms with Crippen molar-refractivity contribution >= 4 is 5.97 Å². The van der Waals surface area contributed by atoms with Crippen molar-refractivity contribution in [2.45, 2.75) is 39.7 Å². The monoisotopic (exact) mass is 187 g/mol. The van der Waals surface area contributed by atoms with E-state index in [-0.39, 0.29) is 12.0 Å². The quantitative estimate of drug-likeness (QED) is 0.592. The predicted molar refractivity (Wildman–Crippen MR) is 53.6 cm³/mol. The molecule has 0 radical (unpaired) electrons. The first kappa shape index (κ1) is 12.4. The number of nitrogens with zero attached hydrogens (tertiary/aromatic N) is 1. The van der Waals surface area contributed by atoms with Gasteiger partial charge in [-0.3, -0.25) is 9.69 Å². The molecule has 0 bridgehead atoms. The summed E-state index contributed by atoms with van der Waals surface area (Å²) in [6, 6.07) is -0.119. The first-order chi connectivity index (χ1) is 6.13. The first-order valence-electron chi connectivity index (χ1n) is 5.00. The first-order valence-corrected chi connectivity index (χ1v) is 5.00. The molecule has 3 nitrogen and oxygen atoms in total. The van der Waals surface area contributed by atoms with E-state index in [1.807, 2.05) is 25.8 Å². The van der Waals surface area contributed by atoms with Crippen LogP contribution in [0.25, 0.3) is 0 Å². The SMILES string of the molecule is CCCCN(C)C(C)C(=O)OCC. The molecule has 0 aromatic heterocycles. The van der Waals surface area contributed by atoms with Crippen LogP contribution in [0.15, 0.2) is 0 Å². The Hall–Kier alpha value is -0.570. The lowest BCUT2D eigenvalue weighted by Gasteiger charge is -2.22. The Kier molecular flexibility index (Phi) is 6.59. The van der Waals surface area contributed by atoms with Gasteiger partial charge in [-0.25, -0.2) is 0 Å². The Balaban J connectivity index is 3.79. The third-order valence-electron chi connectivity index (χ3n) is 2.15. The van der Waals surface area contributed by atoms with Gasteiger partial charge in [0.2, 0.25) is 0 Å². The zero-order chi connectivity index (χ0) is 10.3. The van der Waals surface area contributed by atoms with Crippen LogP contribution in [0.1, 0.15) is 33.6 Å². The second-order valence-corrected chi connectivity index (χ2v) is 3.26. The molecule has 0 heterocycles. The fourth-order valence-electron chi connectivity index (χ4n) is 1.04. The van der Waals surface area contributed by atoms with Gasteiger partial charge in [0.05, 0.1) is 6.61 Å². The molecule has 13 heavy (non-hydrogen) atoms. The number of ether oxygens (including phenoxy) is 1. The Bertz CT molecular complexity index is 148. The molecule has 0 aliphatic carbocycles. The predicted octanol–water partition coefficient (Wildman–Crippen LogP) is 1.67. The second-order valence-electron chi connectivity index (χ2n) is 3.26. The zero-order valence-corrected chi connectivity index (χ0v) is 9.17. The summed E-state index contributed by atoms with van der Waals surface area (Å²) in [6.45, 7) is 7.27. The summed E-state index contributed by atoms with van der Waals surface area (Å²) in [6.07, 6.45) is 2.28. The number of carbonyl (C=O) groups excluding carboxylic acids is 1. The Morgan fingerprint density at radius 3 is 2.54 bits per heavy atom. The minimum atomic E-state index is -0.124. The largest absolute Gasteiger partial charge is 0.465 e. The van der Waals surface area contributed by atoms with Crippen LogP contribution in [0.4, 0.5) is 0 Å². The molecule has 0 rings (SSSR count). The van der Waals surface area contributed by atoms with Crippen LogP contribution in [0, 0.1) is 0 Å². The highest BCUT2D eigenvalue weighted by molar-refractivity contribution is 5.75. The van der Waals surface area contributed by atoms with E-state index < -0.39 is 0 Å². The number of unbranched alkanes of at least 4 members (excludes halogenated alkanes) is 1. The number of rotatable bonds is 6. The van der Waals surface area contributed by atoms with Gasteiger partial charge < -0.3 is 4.74 Å². The van der Waals surface area contributed by atoms with E-state index in [4.69, 9.17) is 4.74 Å². The molecule has 0 aromatic rings. The van der Waals surface area contributed by atoms with Crippen molar-refractivity contribution in [3.63, 3.8) is 0 Å². The van der Waals surface area contributed by atoms with Crippen LogP contribution < -0.4 is 0 Å². The molecule has 0 saturated carbocycles. The summed E-state index contributed by atoms with van der Waals surface area (Å²) < 4.78 is 4.92. The van der Waals surface area contributed by atoms with Crippen LogP contribution in [-0.2, 0) is 9.53 Å². The van der Waals surface area contributed by atoms with Crippen molar-refractivity contribution in [2.24, 2.45) is 0 Å². The van der Waals surface area contributed by atoms with Crippen LogP contribution in [-0.4, -0.2) is 37.1 Å². The van der Waals surface area contributed by atoms with Crippen LogP contribution in [0.5, 0.6) is 0 Å². The van der Waals surface area contributed by atoms with E-state index in [9.17, 15) is 4.79 Å². The number of likely N-dealkylation sites (N-methyl/N-ethyl adjacent to an activating group) is 1. The molecule has 0 spiro atoms. The molecule has 0 aliphatic rings. The van der Waals surface area contributed by atoms with Crippen molar-refractivity contribution in [3.05, 3.63) is 0 Å². The van der Waals surface area contributed by atoms with Gasteiger partial charge in [-0.05, 0) is 33.9 Å². The highest BCUT2D eigenvalue weighted by atomic mass is 16.5. The van der Waals surface area contributed by atoms with Crippen molar-refractivity contribution < 1.29 is 9.53 Å². The molecule has 0 saturated heterocycles. The van der Waals surface area contributed by atoms with E-state index >= 15 is 0 Å². The minimum Gasteiger partial charge on any atom is -0.465 e. The summed E-state index contributed by atoms with van der Waals surface area (Å²) in [7, 11) is 1.96. The lowest BCUT2D eigenvalue weighted by atomic mass is 10.2. The Morgan fingerprint density at radius 2 is 2.08 bits per heavy atom. The lowest BCUT2D eigenvalue weighted by molar-refractivity contribution is -0.148. The smallest absolute Gasteiger partial charge is 0.323 e. The van der Waals surface area contributed by atoms with Gasteiger partial charge in [0.25, 0.3) is 0 Å². The van der Waals surface area contributed by atoms with Crippen molar-refractivity contribution in [1.29, 1.82) is 0 Å². The molecule has 3 heteroatoms. The standard InChI is InChI=1S/C10H21NO2/c1-5-7-8-11(4)9(3)10(12)13-6-2/h9H,5-8H2,1-4H3. The number of hydrogen-bond acceptors (Lipinski definition) is 3. The lowest BCUT2D eigenvalue weighted by Crippen LogP contribution is -2.37. The normalized spacial score (nSPS) is 13.0. The van der Waals surface area contributed by atoms with Gasteiger partial charge >= 0.3 is 5.97 Å². The average Bonchev–Trinajstić information content (AvgIpc) is 2.13. The third-order valence-corrected chi connectivity index (χ3v) is 2.15. The Labute approximate surface area is 81.1 Å². The summed E-state index contributed by atoms with van der Waals surface area (Å²) in [5.74, 6) is -0.124. The van der Waals surface area contributed by atoms with E-state index in [1.165, 1.54) is 0 Å².